The Balaban J connectivity index is 2.06. The zero-order chi connectivity index (χ0) is 12.3. The van der Waals surface area contributed by atoms with Gasteiger partial charge >= 0.3 is 5.97 Å². The number of rotatable bonds is 5. The average molecular weight is 237 g/mol. The highest BCUT2D eigenvalue weighted by molar-refractivity contribution is 5.66. The number of carbonyl (C=O) groups is 1. The molecule has 2 rings (SSSR count). The van der Waals surface area contributed by atoms with Gasteiger partial charge in [0.2, 0.25) is 0 Å². The van der Waals surface area contributed by atoms with Crippen molar-refractivity contribution in [2.75, 3.05) is 0 Å². The van der Waals surface area contributed by atoms with Gasteiger partial charge in [-0.1, -0.05) is 0 Å². The molecule has 2 heterocycles. The van der Waals surface area contributed by atoms with E-state index in [9.17, 15) is 9.59 Å². The summed E-state index contributed by atoms with van der Waals surface area (Å²) in [5.74, 6) is -0.610. The van der Waals surface area contributed by atoms with Gasteiger partial charge in [0.15, 0.2) is 0 Å². The third-order valence-corrected chi connectivity index (χ3v) is 2.33. The molecule has 2 N–H and O–H groups in total. The number of carboxylic acid groups (broad SMARTS) is 1. The highest BCUT2D eigenvalue weighted by Crippen LogP contribution is 2.00. The molecule has 0 saturated carbocycles. The molecule has 0 aromatic carbocycles. The zero-order valence-electron chi connectivity index (χ0n) is 8.96. The van der Waals surface area contributed by atoms with Crippen molar-refractivity contribution in [1.29, 1.82) is 0 Å². The molecular weight excluding hydrogens is 226 g/mol. The molecular formula is C9H11N5O3. The molecule has 8 nitrogen and oxygen atoms in total. The number of carboxylic acids is 1. The van der Waals surface area contributed by atoms with Crippen LogP contribution in [0.3, 0.4) is 0 Å². The molecule has 0 radical (unpaired) electrons. The number of H-pyrrole nitrogens is 1. The summed E-state index contributed by atoms with van der Waals surface area (Å²) in [7, 11) is 0. The normalized spacial score (nSPS) is 10.8. The Labute approximate surface area is 95.3 Å². The third-order valence-electron chi connectivity index (χ3n) is 2.33. The van der Waals surface area contributed by atoms with E-state index in [2.05, 4.69) is 20.3 Å². The molecule has 90 valence electrons. The maximum Gasteiger partial charge on any atom is 0.303 e. The highest BCUT2D eigenvalue weighted by atomic mass is 16.4. The maximum absolute atomic E-state index is 11.8. The molecule has 0 fully saturated rings. The fourth-order valence-corrected chi connectivity index (χ4v) is 1.48. The lowest BCUT2D eigenvalue weighted by atomic mass is 10.1. The number of hydrogen-bond acceptors (Lipinski definition) is 5. The molecule has 17 heavy (non-hydrogen) atoms. The lowest BCUT2D eigenvalue weighted by Crippen LogP contribution is -2.22. The van der Waals surface area contributed by atoms with Crippen molar-refractivity contribution in [3.05, 3.63) is 22.4 Å². The number of nitrogens with one attached hydrogen (secondary N) is 1. The fourth-order valence-electron chi connectivity index (χ4n) is 1.48. The van der Waals surface area contributed by atoms with Gasteiger partial charge in [0.05, 0.1) is 0 Å². The highest BCUT2D eigenvalue weighted by Gasteiger charge is 2.08. The van der Waals surface area contributed by atoms with Gasteiger partial charge in [0.25, 0.3) is 11.3 Å². The van der Waals surface area contributed by atoms with Crippen molar-refractivity contribution in [3.8, 4) is 0 Å². The maximum atomic E-state index is 11.8. The summed E-state index contributed by atoms with van der Waals surface area (Å²) in [5, 5.41) is 18.7. The number of aromatic nitrogens is 5. The summed E-state index contributed by atoms with van der Waals surface area (Å²) in [6, 6.07) is 0. The van der Waals surface area contributed by atoms with E-state index in [1.54, 1.807) is 0 Å². The molecule has 0 aliphatic rings. The molecule has 0 unspecified atom stereocenters. The van der Waals surface area contributed by atoms with E-state index >= 15 is 0 Å². The van der Waals surface area contributed by atoms with Crippen LogP contribution in [-0.2, 0) is 11.2 Å². The Bertz CT molecular complexity index is 588. The van der Waals surface area contributed by atoms with Crippen LogP contribution in [0, 0.1) is 0 Å². The molecule has 0 spiro atoms. The molecule has 0 bridgehead atoms. The predicted molar refractivity (Wildman–Crippen MR) is 56.6 cm³/mol. The van der Waals surface area contributed by atoms with Gasteiger partial charge in [0.1, 0.15) is 12.0 Å². The van der Waals surface area contributed by atoms with Crippen molar-refractivity contribution in [2.24, 2.45) is 0 Å². The van der Waals surface area contributed by atoms with Gasteiger partial charge < -0.3 is 5.11 Å². The van der Waals surface area contributed by atoms with E-state index in [-0.39, 0.29) is 17.8 Å². The van der Waals surface area contributed by atoms with Crippen LogP contribution in [-0.4, -0.2) is 35.9 Å². The summed E-state index contributed by atoms with van der Waals surface area (Å²) in [6.07, 6.45) is 2.99. The molecule has 0 saturated heterocycles. The van der Waals surface area contributed by atoms with E-state index in [1.165, 1.54) is 10.8 Å². The summed E-state index contributed by atoms with van der Waals surface area (Å²) in [4.78, 5) is 25.9. The second-order valence-corrected chi connectivity index (χ2v) is 3.58. The Morgan fingerprint density at radius 3 is 3.00 bits per heavy atom. The van der Waals surface area contributed by atoms with Gasteiger partial charge in [-0.15, -0.1) is 10.2 Å². The van der Waals surface area contributed by atoms with Crippen molar-refractivity contribution < 1.29 is 9.90 Å². The van der Waals surface area contributed by atoms with Crippen LogP contribution in [0.1, 0.15) is 25.0 Å². The Hall–Kier alpha value is -2.25. The minimum Gasteiger partial charge on any atom is -0.481 e. The zero-order valence-corrected chi connectivity index (χ0v) is 8.96. The smallest absolute Gasteiger partial charge is 0.303 e. The van der Waals surface area contributed by atoms with Gasteiger partial charge in [-0.2, -0.15) is 9.50 Å². The van der Waals surface area contributed by atoms with Crippen LogP contribution in [0.4, 0.5) is 0 Å². The molecule has 0 aliphatic heterocycles. The fraction of sp³-hybridized carbons (Fsp3) is 0.444. The number of aliphatic carboxylic acids is 1. The Morgan fingerprint density at radius 1 is 1.41 bits per heavy atom. The summed E-state index contributed by atoms with van der Waals surface area (Å²) >= 11 is 0. The number of fused-ring (bicyclic) bond motifs is 1. The molecule has 0 aliphatic carbocycles. The van der Waals surface area contributed by atoms with Gasteiger partial charge in [-0.25, -0.2) is 0 Å². The molecule has 0 amide bonds. The Morgan fingerprint density at radius 2 is 2.24 bits per heavy atom. The number of hydrogen-bond donors (Lipinski definition) is 2. The van der Waals surface area contributed by atoms with Crippen LogP contribution >= 0.6 is 0 Å². The van der Waals surface area contributed by atoms with E-state index < -0.39 is 5.97 Å². The monoisotopic (exact) mass is 237 g/mol. The largest absolute Gasteiger partial charge is 0.481 e. The third kappa shape index (κ3) is 2.47. The second-order valence-electron chi connectivity index (χ2n) is 3.58. The lowest BCUT2D eigenvalue weighted by molar-refractivity contribution is -0.137. The van der Waals surface area contributed by atoms with Crippen LogP contribution in [0.15, 0.2) is 11.1 Å². The number of nitrogens with zero attached hydrogens (tertiary/aromatic N) is 4. The standard InChI is InChI=1S/C9H11N5O3/c15-7(16)4-2-1-3-6-8(17)14-9(13-12-6)10-5-11-14/h5H,1-4H2,(H,15,16)(H,10,11,13). The number of aromatic amines is 1. The first-order valence-corrected chi connectivity index (χ1v) is 5.18. The van der Waals surface area contributed by atoms with Crippen molar-refractivity contribution in [2.45, 2.75) is 25.7 Å². The topological polar surface area (TPSA) is 113 Å². The average Bonchev–Trinajstić information content (AvgIpc) is 2.75. The van der Waals surface area contributed by atoms with E-state index in [0.717, 1.165) is 0 Å². The number of aryl methyl sites for hydroxylation is 1. The quantitative estimate of drug-likeness (QED) is 0.684. The van der Waals surface area contributed by atoms with Crippen molar-refractivity contribution in [3.63, 3.8) is 0 Å². The molecule has 2 aromatic heterocycles. The summed E-state index contributed by atoms with van der Waals surface area (Å²) < 4.78 is 1.21. The SMILES string of the molecule is O=C(O)CCCCc1nnc2nc[nH]n2c1=O. The summed E-state index contributed by atoms with van der Waals surface area (Å²) in [6.45, 7) is 0. The Kier molecular flexibility index (Phi) is 3.12. The van der Waals surface area contributed by atoms with Gasteiger partial charge in [0, 0.05) is 6.42 Å². The summed E-state index contributed by atoms with van der Waals surface area (Å²) in [5.41, 5.74) is 0.0277. The first-order valence-electron chi connectivity index (χ1n) is 5.18. The van der Waals surface area contributed by atoms with Gasteiger partial charge in [-0.3, -0.25) is 14.7 Å². The van der Waals surface area contributed by atoms with E-state index in [1.807, 2.05) is 0 Å². The van der Waals surface area contributed by atoms with E-state index in [0.29, 0.717) is 25.0 Å². The molecule has 2 aromatic rings. The van der Waals surface area contributed by atoms with Crippen LogP contribution in [0.2, 0.25) is 0 Å². The molecule has 0 atom stereocenters. The number of unbranched alkanes of at least 4 members (excludes halogenated alkanes) is 1. The van der Waals surface area contributed by atoms with E-state index in [4.69, 9.17) is 5.11 Å². The van der Waals surface area contributed by atoms with Crippen LogP contribution in [0.5, 0.6) is 0 Å². The first kappa shape index (κ1) is 11.2. The minimum atomic E-state index is -0.836. The predicted octanol–water partition coefficient (Wildman–Crippen LogP) is -0.390. The van der Waals surface area contributed by atoms with Crippen LogP contribution < -0.4 is 5.56 Å². The van der Waals surface area contributed by atoms with Crippen LogP contribution in [0.25, 0.3) is 5.78 Å². The first-order chi connectivity index (χ1) is 8.18. The van der Waals surface area contributed by atoms with Crippen molar-refractivity contribution >= 4 is 11.7 Å². The van der Waals surface area contributed by atoms with Gasteiger partial charge in [-0.05, 0) is 19.3 Å². The minimum absolute atomic E-state index is 0.0983. The molecule has 8 heteroatoms. The van der Waals surface area contributed by atoms with Crippen molar-refractivity contribution in [1.82, 2.24) is 24.8 Å². The second kappa shape index (κ2) is 4.73. The lowest BCUT2D eigenvalue weighted by Gasteiger charge is -1.98.